The topological polar surface area (TPSA) is 78.5 Å². The third-order valence-electron chi connectivity index (χ3n) is 4.51. The average Bonchev–Trinajstić information content (AvgIpc) is 2.68. The smallest absolute Gasteiger partial charge is 0.251 e. The number of nitrogens with zero attached hydrogens (tertiary/aromatic N) is 1. The highest BCUT2D eigenvalue weighted by atomic mass is 35.5. The summed E-state index contributed by atoms with van der Waals surface area (Å²) >= 11 is 5.87. The molecule has 0 aliphatic rings. The van der Waals surface area contributed by atoms with Gasteiger partial charge in [0.25, 0.3) is 5.91 Å². The lowest BCUT2D eigenvalue weighted by molar-refractivity contribution is -0.128. The average molecular weight is 430 g/mol. The molecule has 160 valence electrons. The Morgan fingerprint density at radius 2 is 1.57 bits per heavy atom. The van der Waals surface area contributed by atoms with Gasteiger partial charge in [-0.3, -0.25) is 14.4 Å². The van der Waals surface area contributed by atoms with Crippen LogP contribution in [-0.2, 0) is 16.0 Å². The zero-order chi connectivity index (χ0) is 22.3. The van der Waals surface area contributed by atoms with E-state index in [0.717, 1.165) is 5.56 Å². The predicted molar refractivity (Wildman–Crippen MR) is 120 cm³/mol. The van der Waals surface area contributed by atoms with E-state index in [0.29, 0.717) is 29.1 Å². The number of nitrogens with one attached hydrogen (secondary N) is 2. The third-order valence-corrected chi connectivity index (χ3v) is 4.76. The number of likely N-dealkylation sites (N-methyl/N-ethyl adjacent to an activating group) is 1. The maximum absolute atomic E-state index is 12.8. The molecule has 0 aliphatic heterocycles. The zero-order valence-electron chi connectivity index (χ0n) is 17.7. The van der Waals surface area contributed by atoms with Gasteiger partial charge in [0, 0.05) is 30.4 Å². The summed E-state index contributed by atoms with van der Waals surface area (Å²) in [5, 5.41) is 6.20. The van der Waals surface area contributed by atoms with Crippen LogP contribution in [0.15, 0.2) is 48.5 Å². The highest BCUT2D eigenvalue weighted by Crippen LogP contribution is 2.14. The fraction of sp³-hybridized carbons (Fsp3) is 0.348. The van der Waals surface area contributed by atoms with Gasteiger partial charge < -0.3 is 15.5 Å². The van der Waals surface area contributed by atoms with E-state index >= 15 is 0 Å². The molecule has 0 radical (unpaired) electrons. The van der Waals surface area contributed by atoms with E-state index in [1.807, 2.05) is 13.8 Å². The lowest BCUT2D eigenvalue weighted by Gasteiger charge is -2.20. The van der Waals surface area contributed by atoms with Crippen LogP contribution < -0.4 is 10.6 Å². The fourth-order valence-corrected chi connectivity index (χ4v) is 2.94. The Morgan fingerprint density at radius 3 is 2.10 bits per heavy atom. The second kappa shape index (κ2) is 10.8. The van der Waals surface area contributed by atoms with E-state index in [2.05, 4.69) is 10.6 Å². The first-order valence-electron chi connectivity index (χ1n) is 9.82. The van der Waals surface area contributed by atoms with Crippen molar-refractivity contribution in [1.82, 2.24) is 10.2 Å². The van der Waals surface area contributed by atoms with Crippen LogP contribution in [0.25, 0.3) is 0 Å². The first kappa shape index (κ1) is 23.4. The highest BCUT2D eigenvalue weighted by Gasteiger charge is 2.22. The van der Waals surface area contributed by atoms with Gasteiger partial charge in [-0.25, -0.2) is 0 Å². The van der Waals surface area contributed by atoms with Crippen LogP contribution >= 0.6 is 11.6 Å². The summed E-state index contributed by atoms with van der Waals surface area (Å²) in [5.74, 6) is -0.396. The molecule has 0 fully saturated rings. The van der Waals surface area contributed by atoms with E-state index in [4.69, 9.17) is 11.6 Å². The molecule has 2 rings (SSSR count). The standard InChI is InChI=1S/C23H28ClN3O3/c1-15(2)13-20(26-22(29)17-7-9-18(24)10-8-17)23(30)25-19-11-5-16(6-12-19)14-21(28)27(3)4/h5-12,15,20H,13-14H2,1-4H3,(H,25,30)(H,26,29). The number of rotatable bonds is 8. The Morgan fingerprint density at radius 1 is 0.967 bits per heavy atom. The number of amides is 3. The molecule has 3 amide bonds. The van der Waals surface area contributed by atoms with Crippen molar-refractivity contribution in [3.05, 3.63) is 64.7 Å². The zero-order valence-corrected chi connectivity index (χ0v) is 18.5. The van der Waals surface area contributed by atoms with Crippen LogP contribution in [0.5, 0.6) is 0 Å². The molecular formula is C23H28ClN3O3. The molecular weight excluding hydrogens is 402 g/mol. The Labute approximate surface area is 182 Å². The van der Waals surface area contributed by atoms with E-state index in [-0.39, 0.29) is 23.6 Å². The highest BCUT2D eigenvalue weighted by molar-refractivity contribution is 6.30. The molecule has 2 N–H and O–H groups in total. The molecule has 0 saturated heterocycles. The Bertz CT molecular complexity index is 878. The number of hydrogen-bond donors (Lipinski definition) is 2. The van der Waals surface area contributed by atoms with Crippen LogP contribution in [0.2, 0.25) is 5.02 Å². The van der Waals surface area contributed by atoms with Gasteiger partial charge in [-0.15, -0.1) is 0 Å². The summed E-state index contributed by atoms with van der Waals surface area (Å²) in [4.78, 5) is 38.7. The van der Waals surface area contributed by atoms with Crippen molar-refractivity contribution in [2.75, 3.05) is 19.4 Å². The molecule has 0 saturated carbocycles. The number of hydrogen-bond acceptors (Lipinski definition) is 3. The SMILES string of the molecule is CC(C)CC(NC(=O)c1ccc(Cl)cc1)C(=O)Nc1ccc(CC(=O)N(C)C)cc1. The van der Waals surface area contributed by atoms with Gasteiger partial charge in [-0.1, -0.05) is 37.6 Å². The second-order valence-corrected chi connectivity index (χ2v) is 8.25. The monoisotopic (exact) mass is 429 g/mol. The molecule has 0 aliphatic carbocycles. The van der Waals surface area contributed by atoms with E-state index in [9.17, 15) is 14.4 Å². The van der Waals surface area contributed by atoms with Gasteiger partial charge in [-0.2, -0.15) is 0 Å². The van der Waals surface area contributed by atoms with Crippen molar-refractivity contribution in [1.29, 1.82) is 0 Å². The molecule has 1 atom stereocenters. The number of carbonyl (C=O) groups is 3. The summed E-state index contributed by atoms with van der Waals surface area (Å²) in [7, 11) is 3.42. The minimum Gasteiger partial charge on any atom is -0.349 e. The molecule has 30 heavy (non-hydrogen) atoms. The van der Waals surface area contributed by atoms with Gasteiger partial charge in [0.05, 0.1) is 6.42 Å². The van der Waals surface area contributed by atoms with Gasteiger partial charge in [-0.05, 0) is 54.3 Å². The van der Waals surface area contributed by atoms with Gasteiger partial charge in [0.15, 0.2) is 0 Å². The van der Waals surface area contributed by atoms with Crippen LogP contribution in [0.1, 0.15) is 36.2 Å². The van der Waals surface area contributed by atoms with E-state index < -0.39 is 6.04 Å². The largest absolute Gasteiger partial charge is 0.349 e. The molecule has 2 aromatic rings. The number of carbonyl (C=O) groups excluding carboxylic acids is 3. The van der Waals surface area contributed by atoms with Crippen molar-refractivity contribution < 1.29 is 14.4 Å². The number of halogens is 1. The van der Waals surface area contributed by atoms with E-state index in [1.54, 1.807) is 62.6 Å². The number of anilines is 1. The van der Waals surface area contributed by atoms with Crippen LogP contribution in [0.4, 0.5) is 5.69 Å². The van der Waals surface area contributed by atoms with Gasteiger partial charge in [0.2, 0.25) is 11.8 Å². The minimum absolute atomic E-state index is 0.00805. The van der Waals surface area contributed by atoms with Gasteiger partial charge >= 0.3 is 0 Å². The van der Waals surface area contributed by atoms with Crippen molar-refractivity contribution in [3.63, 3.8) is 0 Å². The van der Waals surface area contributed by atoms with Crippen LogP contribution in [0.3, 0.4) is 0 Å². The summed E-state index contributed by atoms with van der Waals surface area (Å²) in [6.45, 7) is 3.98. The molecule has 0 spiro atoms. The molecule has 0 aromatic heterocycles. The molecule has 0 heterocycles. The molecule has 0 bridgehead atoms. The van der Waals surface area contributed by atoms with Crippen LogP contribution in [-0.4, -0.2) is 42.8 Å². The number of benzene rings is 2. The molecule has 6 nitrogen and oxygen atoms in total. The lowest BCUT2D eigenvalue weighted by Crippen LogP contribution is -2.44. The van der Waals surface area contributed by atoms with Crippen molar-refractivity contribution >= 4 is 35.0 Å². The first-order valence-corrected chi connectivity index (χ1v) is 10.2. The predicted octanol–water partition coefficient (Wildman–Crippen LogP) is 3.75. The third kappa shape index (κ3) is 7.19. The Balaban J connectivity index is 2.04. The van der Waals surface area contributed by atoms with Crippen LogP contribution in [0, 0.1) is 5.92 Å². The van der Waals surface area contributed by atoms with E-state index in [1.165, 1.54) is 4.90 Å². The first-order chi connectivity index (χ1) is 14.2. The minimum atomic E-state index is -0.678. The Kier molecular flexibility index (Phi) is 8.42. The second-order valence-electron chi connectivity index (χ2n) is 7.81. The lowest BCUT2D eigenvalue weighted by atomic mass is 10.0. The quantitative estimate of drug-likeness (QED) is 0.670. The summed E-state index contributed by atoms with van der Waals surface area (Å²) in [6.07, 6.45) is 0.801. The summed E-state index contributed by atoms with van der Waals surface area (Å²) in [5.41, 5.74) is 1.91. The van der Waals surface area contributed by atoms with Gasteiger partial charge in [0.1, 0.15) is 6.04 Å². The maximum atomic E-state index is 12.8. The van der Waals surface area contributed by atoms with Crippen molar-refractivity contribution in [3.8, 4) is 0 Å². The summed E-state index contributed by atoms with van der Waals surface area (Å²) < 4.78 is 0. The molecule has 2 aromatic carbocycles. The normalized spacial score (nSPS) is 11.7. The summed E-state index contributed by atoms with van der Waals surface area (Å²) in [6, 6.07) is 13.0. The van der Waals surface area contributed by atoms with Crippen molar-refractivity contribution in [2.24, 2.45) is 5.92 Å². The molecule has 7 heteroatoms. The van der Waals surface area contributed by atoms with Crippen molar-refractivity contribution in [2.45, 2.75) is 32.7 Å². The molecule has 1 unspecified atom stereocenters. The Hall–Kier alpha value is -2.86. The maximum Gasteiger partial charge on any atom is 0.251 e. The fourth-order valence-electron chi connectivity index (χ4n) is 2.81.